The molecule has 0 spiro atoms. The van der Waals surface area contributed by atoms with Gasteiger partial charge in [-0.2, -0.15) is 9.13 Å². The van der Waals surface area contributed by atoms with Crippen LogP contribution in [0.15, 0.2) is 109 Å². The molecule has 6 rings (SSSR count). The van der Waals surface area contributed by atoms with E-state index in [0.29, 0.717) is 0 Å². The molecule has 0 aliphatic rings. The Morgan fingerprint density at radius 1 is 0.396 bits per heavy atom. The van der Waals surface area contributed by atoms with Crippen molar-refractivity contribution in [3.63, 3.8) is 0 Å². The predicted octanol–water partition coefficient (Wildman–Crippen LogP) is 9.31. The van der Waals surface area contributed by atoms with Gasteiger partial charge in [-0.3, -0.25) is 0 Å². The summed E-state index contributed by atoms with van der Waals surface area (Å²) in [5.74, 6) is 0. The number of hydrogen-bond donors (Lipinski definition) is 0. The predicted molar refractivity (Wildman–Crippen MR) is 202 cm³/mol. The topological polar surface area (TPSA) is 11.6 Å². The van der Waals surface area contributed by atoms with Gasteiger partial charge >= 0.3 is 0 Å². The van der Waals surface area contributed by atoms with Crippen molar-refractivity contribution in [2.75, 3.05) is 0 Å². The number of hydrogen-bond acceptors (Lipinski definition) is 0. The Hall–Kier alpha value is -4.89. The van der Waals surface area contributed by atoms with Gasteiger partial charge in [0.15, 0.2) is 17.6 Å². The molecule has 0 saturated carbocycles. The first kappa shape index (κ1) is 36.0. The van der Waals surface area contributed by atoms with Crippen LogP contribution in [0, 0.1) is 62.3 Å². The van der Waals surface area contributed by atoms with Gasteiger partial charge in [-0.25, -0.2) is 4.57 Å². The van der Waals surface area contributed by atoms with Crippen LogP contribution in [0.2, 0.25) is 0 Å². The lowest BCUT2D eigenvalue weighted by atomic mass is 9.99. The Bertz CT molecular complexity index is 1950. The molecule has 3 heterocycles. The molecule has 3 aromatic carbocycles. The van der Waals surface area contributed by atoms with Crippen molar-refractivity contribution in [1.82, 2.24) is 0 Å². The Labute approximate surface area is 289 Å². The van der Waals surface area contributed by atoms with Crippen LogP contribution < -0.4 is 13.7 Å². The van der Waals surface area contributed by atoms with Gasteiger partial charge in [0.1, 0.15) is 21.1 Å². The first-order chi connectivity index (χ1) is 22.8. The Morgan fingerprint density at radius 2 is 0.771 bits per heavy atom. The third-order valence-corrected chi connectivity index (χ3v) is 9.47. The molecule has 3 heteroatoms. The molecule has 0 saturated heterocycles. The molecular formula is C45H54N3+3. The van der Waals surface area contributed by atoms with E-state index in [9.17, 15) is 0 Å². The van der Waals surface area contributed by atoms with E-state index < -0.39 is 0 Å². The van der Waals surface area contributed by atoms with Crippen LogP contribution in [-0.2, 0) is 21.1 Å². The van der Waals surface area contributed by atoms with Gasteiger partial charge in [0, 0.05) is 66.4 Å². The van der Waals surface area contributed by atoms with Gasteiger partial charge in [-0.1, -0.05) is 54.6 Å². The minimum absolute atomic E-state index is 1.29. The van der Waals surface area contributed by atoms with Crippen LogP contribution in [0.3, 0.4) is 0 Å². The average Bonchev–Trinajstić information content (AvgIpc) is 3.05. The normalized spacial score (nSPS) is 10.5. The lowest BCUT2D eigenvalue weighted by Crippen LogP contribution is -2.34. The van der Waals surface area contributed by atoms with E-state index in [4.69, 9.17) is 0 Å². The highest BCUT2D eigenvalue weighted by atomic mass is 14.9. The van der Waals surface area contributed by atoms with E-state index in [-0.39, 0.29) is 0 Å². The number of aryl methyl sites for hydroxylation is 9. The van der Waals surface area contributed by atoms with Crippen molar-refractivity contribution >= 4 is 0 Å². The van der Waals surface area contributed by atoms with Crippen LogP contribution >= 0.6 is 0 Å². The van der Waals surface area contributed by atoms with Crippen LogP contribution in [0.25, 0.3) is 33.8 Å². The molecular weight excluding hydrogens is 583 g/mol. The fourth-order valence-electron chi connectivity index (χ4n) is 6.28. The maximum Gasteiger partial charge on any atom is 0.215 e. The number of rotatable bonds is 3. The van der Waals surface area contributed by atoms with Crippen LogP contribution in [0.4, 0.5) is 0 Å². The third kappa shape index (κ3) is 8.33. The average molecular weight is 637 g/mol. The van der Waals surface area contributed by atoms with Crippen molar-refractivity contribution in [2.45, 2.75) is 62.3 Å². The fourth-order valence-corrected chi connectivity index (χ4v) is 6.28. The van der Waals surface area contributed by atoms with Gasteiger partial charge in [-0.05, 0) is 100 Å². The van der Waals surface area contributed by atoms with Gasteiger partial charge in [0.05, 0.1) is 0 Å². The fraction of sp³-hybridized carbons (Fsp3) is 0.267. The molecule has 0 amide bonds. The summed E-state index contributed by atoms with van der Waals surface area (Å²) < 4.78 is 6.69. The van der Waals surface area contributed by atoms with E-state index in [1.54, 1.807) is 0 Å². The van der Waals surface area contributed by atoms with Crippen LogP contribution in [0.5, 0.6) is 0 Å². The molecule has 0 unspecified atom stereocenters. The maximum atomic E-state index is 2.25. The Kier molecular flexibility index (Phi) is 11.8. The summed E-state index contributed by atoms with van der Waals surface area (Å²) in [5.41, 5.74) is 19.7. The standard InChI is InChI=1S/3C15H18N/c2*1-11-9-13(3)16(4)15(10-11)14-8-6-5-7-12(14)2;1-11-9-10-16(4)15(13(11)3)14-8-6-5-7-12(14)2/h3*5-10H,1-4H3/q3*+1. The molecule has 0 atom stereocenters. The summed E-state index contributed by atoms with van der Waals surface area (Å²) in [7, 11) is 6.35. The minimum atomic E-state index is 1.29. The van der Waals surface area contributed by atoms with Gasteiger partial charge in [0.2, 0.25) is 17.1 Å². The summed E-state index contributed by atoms with van der Waals surface area (Å²) in [5, 5.41) is 0. The monoisotopic (exact) mass is 636 g/mol. The molecule has 3 aromatic heterocycles. The summed E-state index contributed by atoms with van der Waals surface area (Å²) in [6.07, 6.45) is 2.13. The highest BCUT2D eigenvalue weighted by molar-refractivity contribution is 5.65. The molecule has 246 valence electrons. The van der Waals surface area contributed by atoms with E-state index in [0.717, 1.165) is 0 Å². The van der Waals surface area contributed by atoms with Crippen LogP contribution in [-0.4, -0.2) is 0 Å². The van der Waals surface area contributed by atoms with Crippen molar-refractivity contribution in [3.05, 3.63) is 160 Å². The van der Waals surface area contributed by atoms with Crippen molar-refractivity contribution in [2.24, 2.45) is 21.1 Å². The minimum Gasteiger partial charge on any atom is -0.201 e. The summed E-state index contributed by atoms with van der Waals surface area (Å²) in [6, 6.07) is 36.7. The second-order valence-electron chi connectivity index (χ2n) is 13.3. The zero-order chi connectivity index (χ0) is 35.1. The van der Waals surface area contributed by atoms with Crippen molar-refractivity contribution in [1.29, 1.82) is 0 Å². The number of pyridine rings is 3. The molecule has 0 radical (unpaired) electrons. The summed E-state index contributed by atoms with van der Waals surface area (Å²) in [6.45, 7) is 19.4. The molecule has 6 aromatic rings. The molecule has 48 heavy (non-hydrogen) atoms. The highest BCUT2D eigenvalue weighted by Gasteiger charge is 2.17. The molecule has 0 N–H and O–H groups in total. The number of aromatic nitrogens is 3. The molecule has 0 fully saturated rings. The van der Waals surface area contributed by atoms with E-state index in [1.165, 1.54) is 84.1 Å². The third-order valence-electron chi connectivity index (χ3n) is 9.47. The van der Waals surface area contributed by atoms with Crippen molar-refractivity contribution < 1.29 is 13.7 Å². The van der Waals surface area contributed by atoms with Gasteiger partial charge in [-0.15, -0.1) is 0 Å². The lowest BCUT2D eigenvalue weighted by Gasteiger charge is -2.08. The Morgan fingerprint density at radius 3 is 1.17 bits per heavy atom. The van der Waals surface area contributed by atoms with Crippen LogP contribution in [0.1, 0.15) is 50.3 Å². The second kappa shape index (κ2) is 15.8. The largest absolute Gasteiger partial charge is 0.215 e. The highest BCUT2D eigenvalue weighted by Crippen LogP contribution is 2.25. The molecule has 3 nitrogen and oxygen atoms in total. The SMILES string of the molecule is Cc1cc(C)[n+](C)c(-c2ccccc2C)c1.Cc1cc(C)[n+](C)c(-c2ccccc2C)c1.Cc1ccccc1-c1c(C)c(C)cc[n+]1C. The smallest absolute Gasteiger partial charge is 0.201 e. The number of nitrogens with zero attached hydrogens (tertiary/aromatic N) is 3. The first-order valence-corrected chi connectivity index (χ1v) is 16.9. The maximum absolute atomic E-state index is 2.25. The molecule has 0 aliphatic heterocycles. The summed E-state index contributed by atoms with van der Waals surface area (Å²) >= 11 is 0. The summed E-state index contributed by atoms with van der Waals surface area (Å²) in [4.78, 5) is 0. The van der Waals surface area contributed by atoms with E-state index in [1.807, 2.05) is 0 Å². The van der Waals surface area contributed by atoms with E-state index >= 15 is 0 Å². The van der Waals surface area contributed by atoms with Crippen molar-refractivity contribution in [3.8, 4) is 33.8 Å². The van der Waals surface area contributed by atoms with E-state index in [2.05, 4.69) is 206 Å². The zero-order valence-corrected chi connectivity index (χ0v) is 31.2. The van der Waals surface area contributed by atoms with Gasteiger partial charge in [0.25, 0.3) is 0 Å². The van der Waals surface area contributed by atoms with Gasteiger partial charge < -0.3 is 0 Å². The first-order valence-electron chi connectivity index (χ1n) is 16.9. The Balaban J connectivity index is 0.000000163. The molecule has 0 aliphatic carbocycles. The second-order valence-corrected chi connectivity index (χ2v) is 13.3. The quantitative estimate of drug-likeness (QED) is 0.172. The zero-order valence-electron chi connectivity index (χ0n) is 31.2. The molecule has 0 bridgehead atoms. The lowest BCUT2D eigenvalue weighted by molar-refractivity contribution is -0.666. The number of benzene rings is 3.